The van der Waals surface area contributed by atoms with Crippen molar-refractivity contribution < 1.29 is 13.6 Å². The van der Waals surface area contributed by atoms with Gasteiger partial charge in [-0.1, -0.05) is 6.07 Å². The van der Waals surface area contributed by atoms with Crippen molar-refractivity contribution in [3.8, 4) is 17.1 Å². The van der Waals surface area contributed by atoms with Gasteiger partial charge in [-0.15, -0.1) is 0 Å². The van der Waals surface area contributed by atoms with Crippen LogP contribution in [0.1, 0.15) is 13.8 Å². The van der Waals surface area contributed by atoms with E-state index in [0.29, 0.717) is 32.2 Å². The zero-order valence-electron chi connectivity index (χ0n) is 18.2. The van der Waals surface area contributed by atoms with Crippen LogP contribution in [0.25, 0.3) is 28.0 Å². The van der Waals surface area contributed by atoms with Crippen molar-refractivity contribution in [3.63, 3.8) is 0 Å². The number of nitrogens with zero attached hydrogens (tertiary/aromatic N) is 6. The maximum absolute atomic E-state index is 14.2. The van der Waals surface area contributed by atoms with Crippen LogP contribution in [0, 0.1) is 11.6 Å². The van der Waals surface area contributed by atoms with E-state index in [0.717, 1.165) is 16.8 Å². The van der Waals surface area contributed by atoms with E-state index in [1.54, 1.807) is 23.1 Å². The summed E-state index contributed by atoms with van der Waals surface area (Å²) in [5.41, 5.74) is -0.0635. The van der Waals surface area contributed by atoms with E-state index < -0.39 is 23.2 Å². The predicted molar refractivity (Wildman–Crippen MR) is 119 cm³/mol. The van der Waals surface area contributed by atoms with Crippen molar-refractivity contribution in [2.24, 2.45) is 0 Å². The minimum atomic E-state index is -1.08. The molecule has 1 aromatic heterocycles. The molecular formula is C23H22F2N6O2. The Balaban J connectivity index is 1.68. The lowest BCUT2D eigenvalue weighted by molar-refractivity contribution is 0.120. The van der Waals surface area contributed by atoms with E-state index in [4.69, 9.17) is 0 Å². The maximum Gasteiger partial charge on any atom is 0.328 e. The molecule has 0 atom stereocenters. The van der Waals surface area contributed by atoms with Crippen LogP contribution in [0.5, 0.6) is 0 Å². The molecule has 5 rings (SSSR count). The molecule has 0 radical (unpaired) electrons. The molecule has 2 aromatic rings. The lowest BCUT2D eigenvalue weighted by Gasteiger charge is -2.37. The minimum absolute atomic E-state index is 0.119. The molecule has 0 bridgehead atoms. The van der Waals surface area contributed by atoms with Gasteiger partial charge >= 0.3 is 6.03 Å². The zero-order chi connectivity index (χ0) is 23.3. The van der Waals surface area contributed by atoms with Gasteiger partial charge in [-0.05, 0) is 32.0 Å². The van der Waals surface area contributed by atoms with Crippen LogP contribution in [0.4, 0.5) is 13.6 Å². The van der Waals surface area contributed by atoms with Crippen molar-refractivity contribution in [2.45, 2.75) is 19.9 Å². The fourth-order valence-corrected chi connectivity index (χ4v) is 4.23. The third-order valence-corrected chi connectivity index (χ3v) is 6.08. The van der Waals surface area contributed by atoms with Gasteiger partial charge in [-0.3, -0.25) is 14.3 Å². The Labute approximate surface area is 188 Å². The minimum Gasteiger partial charge on any atom is -0.321 e. The summed E-state index contributed by atoms with van der Waals surface area (Å²) in [5, 5.41) is 4.50. The van der Waals surface area contributed by atoms with Gasteiger partial charge < -0.3 is 4.90 Å². The highest BCUT2D eigenvalue weighted by Gasteiger charge is 2.28. The number of hydrogen-bond donors (Lipinski definition) is 0. The monoisotopic (exact) mass is 452 g/mol. The topological polar surface area (TPSA) is 76.3 Å². The largest absolute Gasteiger partial charge is 0.328 e. The lowest BCUT2D eigenvalue weighted by Crippen LogP contribution is -2.51. The Bertz CT molecular complexity index is 1370. The van der Waals surface area contributed by atoms with Crippen LogP contribution in [0.3, 0.4) is 0 Å². The second-order valence-corrected chi connectivity index (χ2v) is 8.35. The van der Waals surface area contributed by atoms with Crippen molar-refractivity contribution in [1.82, 2.24) is 29.1 Å². The molecular weight excluding hydrogens is 430 g/mol. The van der Waals surface area contributed by atoms with Crippen LogP contribution >= 0.6 is 0 Å². The molecule has 1 fully saturated rings. The molecule has 0 spiro atoms. The van der Waals surface area contributed by atoms with E-state index in [-0.39, 0.29) is 28.0 Å². The van der Waals surface area contributed by atoms with Crippen molar-refractivity contribution in [1.29, 1.82) is 0 Å². The van der Waals surface area contributed by atoms with E-state index in [9.17, 15) is 18.4 Å². The number of amides is 1. The van der Waals surface area contributed by atoms with Crippen LogP contribution in [-0.2, 0) is 0 Å². The molecule has 3 aliphatic rings. The van der Waals surface area contributed by atoms with Crippen LogP contribution < -0.4 is 5.56 Å². The number of fused-ring (bicyclic) bond motifs is 3. The Kier molecular flexibility index (Phi) is 5.16. The predicted octanol–water partition coefficient (Wildman–Crippen LogP) is 2.96. The fraction of sp³-hybridized carbons (Fsp3) is 0.304. The van der Waals surface area contributed by atoms with Gasteiger partial charge in [-0.2, -0.15) is 9.78 Å². The SMILES string of the molecule is CC(C)N1CCN(C(=O)n2cc3c(=O)n(-c4ccccn4)nc-3c3cc(F)c(F)cc32)CC1. The number of aromatic nitrogens is 4. The first kappa shape index (κ1) is 21.2. The average molecular weight is 452 g/mol. The number of benzene rings is 1. The normalized spacial score (nSPS) is 15.1. The molecule has 170 valence electrons. The van der Waals surface area contributed by atoms with Gasteiger partial charge in [0.1, 0.15) is 5.69 Å². The van der Waals surface area contributed by atoms with Crippen LogP contribution in [0.15, 0.2) is 47.5 Å². The summed E-state index contributed by atoms with van der Waals surface area (Å²) in [5.74, 6) is -1.88. The van der Waals surface area contributed by atoms with Gasteiger partial charge in [0.15, 0.2) is 17.5 Å². The first-order chi connectivity index (χ1) is 15.8. The van der Waals surface area contributed by atoms with E-state index in [1.807, 2.05) is 0 Å². The summed E-state index contributed by atoms with van der Waals surface area (Å²) in [4.78, 5) is 34.6. The van der Waals surface area contributed by atoms with Crippen molar-refractivity contribution in [2.75, 3.05) is 26.2 Å². The number of pyridine rings is 2. The highest BCUT2D eigenvalue weighted by atomic mass is 19.2. The molecule has 8 nitrogen and oxygen atoms in total. The summed E-state index contributed by atoms with van der Waals surface area (Å²) in [6.45, 7) is 6.59. The third kappa shape index (κ3) is 3.56. The van der Waals surface area contributed by atoms with Gasteiger partial charge in [0.25, 0.3) is 5.56 Å². The second-order valence-electron chi connectivity index (χ2n) is 8.35. The summed E-state index contributed by atoms with van der Waals surface area (Å²) < 4.78 is 30.7. The van der Waals surface area contributed by atoms with Gasteiger partial charge in [0, 0.05) is 56.1 Å². The molecule has 1 saturated heterocycles. The molecule has 0 unspecified atom stereocenters. The Morgan fingerprint density at radius 1 is 1.06 bits per heavy atom. The number of rotatable bonds is 2. The van der Waals surface area contributed by atoms with Crippen molar-refractivity contribution >= 4 is 16.9 Å². The van der Waals surface area contributed by atoms with E-state index in [1.165, 1.54) is 17.0 Å². The van der Waals surface area contributed by atoms with E-state index >= 15 is 0 Å². The summed E-state index contributed by atoms with van der Waals surface area (Å²) in [6, 6.07) is 6.94. The molecule has 3 aliphatic heterocycles. The maximum atomic E-state index is 14.2. The molecule has 10 heteroatoms. The van der Waals surface area contributed by atoms with Gasteiger partial charge in [0.05, 0.1) is 11.1 Å². The smallest absolute Gasteiger partial charge is 0.321 e. The Hall–Kier alpha value is -3.66. The number of hydrogen-bond acceptors (Lipinski definition) is 5. The van der Waals surface area contributed by atoms with Crippen LogP contribution in [0.2, 0.25) is 0 Å². The van der Waals surface area contributed by atoms with E-state index in [2.05, 4.69) is 28.8 Å². The highest BCUT2D eigenvalue weighted by Crippen LogP contribution is 2.30. The summed E-state index contributed by atoms with van der Waals surface area (Å²) in [7, 11) is 0. The molecule has 1 aromatic carbocycles. The summed E-state index contributed by atoms with van der Waals surface area (Å²) >= 11 is 0. The molecule has 1 amide bonds. The quantitative estimate of drug-likeness (QED) is 0.468. The zero-order valence-corrected chi connectivity index (χ0v) is 18.2. The standard InChI is InChI=1S/C23H22F2N6O2/c1-14(2)28-7-9-29(10-8-28)23(33)30-13-16-21(15-11-17(24)18(25)12-19(15)30)27-31(22(16)32)20-5-3-4-6-26-20/h3-6,11-14H,7-10H2,1-2H3. The molecule has 0 N–H and O–H groups in total. The van der Waals surface area contributed by atoms with Crippen LogP contribution in [-0.4, -0.2) is 67.4 Å². The Morgan fingerprint density at radius 3 is 2.45 bits per heavy atom. The number of halogens is 2. The summed E-state index contributed by atoms with van der Waals surface area (Å²) in [6.07, 6.45) is 2.88. The molecule has 4 heterocycles. The van der Waals surface area contributed by atoms with Gasteiger partial charge in [-0.25, -0.2) is 18.6 Å². The lowest BCUT2D eigenvalue weighted by atomic mass is 10.1. The third-order valence-electron chi connectivity index (χ3n) is 6.08. The molecule has 33 heavy (non-hydrogen) atoms. The van der Waals surface area contributed by atoms with Crippen molar-refractivity contribution in [3.05, 3.63) is 64.7 Å². The average Bonchev–Trinajstić information content (AvgIpc) is 3.16. The second kappa shape index (κ2) is 8.04. The molecule has 0 aliphatic carbocycles. The number of piperazine rings is 1. The first-order valence-electron chi connectivity index (χ1n) is 10.7. The number of carbonyl (C=O) groups is 1. The fourth-order valence-electron chi connectivity index (χ4n) is 4.23. The number of carbonyl (C=O) groups excluding carboxylic acids is 1. The molecule has 0 saturated carbocycles. The first-order valence-corrected chi connectivity index (χ1v) is 10.7. The van der Waals surface area contributed by atoms with Gasteiger partial charge in [0.2, 0.25) is 0 Å². The highest BCUT2D eigenvalue weighted by molar-refractivity contribution is 5.99. The Morgan fingerprint density at radius 2 is 1.79 bits per heavy atom.